The maximum Gasteiger partial charge on any atom is 0.268 e. The van der Waals surface area contributed by atoms with E-state index in [1.807, 2.05) is 0 Å². The minimum Gasteiger partial charge on any atom is -0.346 e. The number of carbonyl (C=O) groups excluding carboxylic acids is 2. The van der Waals surface area contributed by atoms with Gasteiger partial charge in [0.1, 0.15) is 5.69 Å². The quantitative estimate of drug-likeness (QED) is 0.754. The summed E-state index contributed by atoms with van der Waals surface area (Å²) in [6.45, 7) is 1.95. The van der Waals surface area contributed by atoms with Gasteiger partial charge in [0.25, 0.3) is 5.91 Å². The van der Waals surface area contributed by atoms with Gasteiger partial charge in [0.05, 0.1) is 0 Å². The van der Waals surface area contributed by atoms with Crippen LogP contribution in [0.15, 0.2) is 12.3 Å². The van der Waals surface area contributed by atoms with Crippen LogP contribution in [0.25, 0.3) is 0 Å². The van der Waals surface area contributed by atoms with E-state index in [1.165, 1.54) is 6.92 Å². The van der Waals surface area contributed by atoms with Gasteiger partial charge in [-0.2, -0.15) is 0 Å². The van der Waals surface area contributed by atoms with Crippen molar-refractivity contribution in [2.24, 2.45) is 18.7 Å². The summed E-state index contributed by atoms with van der Waals surface area (Å²) in [6.07, 6.45) is 3.94. The third-order valence-corrected chi connectivity index (χ3v) is 3.41. The SMILES string of the molecule is CC(=O)c1cc(C(=O)NC(CN)C2CC2)n(C)c1. The molecule has 1 fully saturated rings. The molecule has 1 aromatic heterocycles. The maximum atomic E-state index is 12.1. The Bertz CT molecular complexity index is 475. The summed E-state index contributed by atoms with van der Waals surface area (Å²) in [6, 6.07) is 1.67. The summed E-state index contributed by atoms with van der Waals surface area (Å²) >= 11 is 0. The van der Waals surface area contributed by atoms with E-state index in [-0.39, 0.29) is 17.7 Å². The van der Waals surface area contributed by atoms with Gasteiger partial charge >= 0.3 is 0 Å². The minimum atomic E-state index is -0.160. The van der Waals surface area contributed by atoms with Crippen LogP contribution in [0.5, 0.6) is 0 Å². The zero-order valence-corrected chi connectivity index (χ0v) is 10.8. The van der Waals surface area contributed by atoms with Gasteiger partial charge < -0.3 is 15.6 Å². The van der Waals surface area contributed by atoms with Crippen LogP contribution in [0.1, 0.15) is 40.6 Å². The average Bonchev–Trinajstić information content (AvgIpc) is 3.08. The van der Waals surface area contributed by atoms with Crippen molar-refractivity contribution in [3.63, 3.8) is 0 Å². The van der Waals surface area contributed by atoms with E-state index in [0.29, 0.717) is 23.7 Å². The number of Topliss-reactive ketones (excluding diaryl/α,β-unsaturated/α-hetero) is 1. The summed E-state index contributed by atoms with van der Waals surface area (Å²) in [7, 11) is 1.76. The number of hydrogen-bond donors (Lipinski definition) is 2. The molecule has 0 saturated heterocycles. The molecule has 5 nitrogen and oxygen atoms in total. The number of aromatic nitrogens is 1. The summed E-state index contributed by atoms with van der Waals surface area (Å²) in [5.74, 6) is 0.320. The van der Waals surface area contributed by atoms with Crippen LogP contribution < -0.4 is 11.1 Å². The first-order chi connectivity index (χ1) is 8.52. The highest BCUT2D eigenvalue weighted by Gasteiger charge is 2.31. The first kappa shape index (κ1) is 12.8. The Morgan fingerprint density at radius 1 is 1.56 bits per heavy atom. The van der Waals surface area contributed by atoms with Gasteiger partial charge in [0.15, 0.2) is 5.78 Å². The van der Waals surface area contributed by atoms with Crippen LogP contribution >= 0.6 is 0 Å². The number of carbonyl (C=O) groups is 2. The number of nitrogens with two attached hydrogens (primary N) is 1. The molecule has 5 heteroatoms. The van der Waals surface area contributed by atoms with Crippen molar-refractivity contribution < 1.29 is 9.59 Å². The summed E-state index contributed by atoms with van der Waals surface area (Å²) in [5, 5.41) is 2.94. The number of nitrogens with one attached hydrogen (secondary N) is 1. The molecule has 1 aromatic rings. The second-order valence-corrected chi connectivity index (χ2v) is 4.93. The largest absolute Gasteiger partial charge is 0.346 e. The van der Waals surface area contributed by atoms with E-state index in [0.717, 1.165) is 12.8 Å². The smallest absolute Gasteiger partial charge is 0.268 e. The van der Waals surface area contributed by atoms with Crippen molar-refractivity contribution in [1.82, 2.24) is 9.88 Å². The second-order valence-electron chi connectivity index (χ2n) is 4.93. The van der Waals surface area contributed by atoms with Gasteiger partial charge in [-0.25, -0.2) is 0 Å². The van der Waals surface area contributed by atoms with E-state index in [9.17, 15) is 9.59 Å². The van der Waals surface area contributed by atoms with E-state index in [2.05, 4.69) is 5.32 Å². The van der Waals surface area contributed by atoms with Gasteiger partial charge in [0.2, 0.25) is 0 Å². The Morgan fingerprint density at radius 2 is 2.22 bits per heavy atom. The van der Waals surface area contributed by atoms with Gasteiger partial charge in [0, 0.05) is 31.4 Å². The zero-order chi connectivity index (χ0) is 13.3. The summed E-state index contributed by atoms with van der Waals surface area (Å²) < 4.78 is 1.67. The fraction of sp³-hybridized carbons (Fsp3) is 0.538. The minimum absolute atomic E-state index is 0.0396. The Hall–Kier alpha value is -1.62. The number of rotatable bonds is 5. The van der Waals surface area contributed by atoms with Gasteiger partial charge in [-0.05, 0) is 31.7 Å². The van der Waals surface area contributed by atoms with Crippen LogP contribution in [-0.2, 0) is 7.05 Å². The fourth-order valence-electron chi connectivity index (χ4n) is 2.09. The standard InChI is InChI=1S/C13H19N3O2/c1-8(17)10-5-12(16(2)7-10)13(18)15-11(6-14)9-3-4-9/h5,7,9,11H,3-4,6,14H2,1-2H3,(H,15,18). The van der Waals surface area contributed by atoms with E-state index >= 15 is 0 Å². The van der Waals surface area contributed by atoms with Crippen molar-refractivity contribution in [1.29, 1.82) is 0 Å². The number of nitrogens with zero attached hydrogens (tertiary/aromatic N) is 1. The van der Waals surface area contributed by atoms with Crippen LogP contribution in [0.3, 0.4) is 0 Å². The molecule has 0 spiro atoms. The van der Waals surface area contributed by atoms with Crippen LogP contribution in [0.4, 0.5) is 0 Å². The molecule has 98 valence electrons. The Labute approximate surface area is 106 Å². The molecule has 1 amide bonds. The highest BCUT2D eigenvalue weighted by Crippen LogP contribution is 2.32. The number of aryl methyl sites for hydroxylation is 1. The molecule has 2 rings (SSSR count). The van der Waals surface area contributed by atoms with Gasteiger partial charge in [-0.1, -0.05) is 0 Å². The van der Waals surface area contributed by atoms with Crippen molar-refractivity contribution in [3.8, 4) is 0 Å². The Balaban J connectivity index is 2.10. The molecule has 1 heterocycles. The van der Waals surface area contributed by atoms with Crippen LogP contribution in [0.2, 0.25) is 0 Å². The lowest BCUT2D eigenvalue weighted by Crippen LogP contribution is -2.42. The molecule has 18 heavy (non-hydrogen) atoms. The average molecular weight is 249 g/mol. The summed E-state index contributed by atoms with van der Waals surface area (Å²) in [5.41, 5.74) is 6.71. The monoisotopic (exact) mass is 249 g/mol. The topological polar surface area (TPSA) is 77.1 Å². The molecule has 1 atom stereocenters. The predicted octanol–water partition coefficient (Wildman–Crippen LogP) is 0.695. The normalized spacial score (nSPS) is 16.4. The van der Waals surface area contributed by atoms with Gasteiger partial charge in [-0.3, -0.25) is 9.59 Å². The summed E-state index contributed by atoms with van der Waals surface area (Å²) in [4.78, 5) is 23.4. The molecule has 1 aliphatic rings. The van der Waals surface area contributed by atoms with Crippen molar-refractivity contribution in [2.75, 3.05) is 6.54 Å². The molecule has 1 saturated carbocycles. The van der Waals surface area contributed by atoms with Crippen molar-refractivity contribution >= 4 is 11.7 Å². The lowest BCUT2D eigenvalue weighted by Gasteiger charge is -2.16. The predicted molar refractivity (Wildman–Crippen MR) is 68.5 cm³/mol. The molecular formula is C13H19N3O2. The lowest BCUT2D eigenvalue weighted by atomic mass is 10.2. The molecule has 0 radical (unpaired) electrons. The second kappa shape index (κ2) is 4.94. The molecule has 1 aliphatic carbocycles. The zero-order valence-electron chi connectivity index (χ0n) is 10.8. The lowest BCUT2D eigenvalue weighted by molar-refractivity contribution is 0.0925. The molecule has 3 N–H and O–H groups in total. The fourth-order valence-corrected chi connectivity index (χ4v) is 2.09. The first-order valence-electron chi connectivity index (χ1n) is 6.21. The van der Waals surface area contributed by atoms with Crippen molar-refractivity contribution in [3.05, 3.63) is 23.5 Å². The number of ketones is 1. The first-order valence-corrected chi connectivity index (χ1v) is 6.21. The third kappa shape index (κ3) is 2.61. The van der Waals surface area contributed by atoms with Crippen molar-refractivity contribution in [2.45, 2.75) is 25.8 Å². The molecule has 1 unspecified atom stereocenters. The third-order valence-electron chi connectivity index (χ3n) is 3.41. The van der Waals surface area contributed by atoms with E-state index in [1.54, 1.807) is 23.9 Å². The van der Waals surface area contributed by atoms with Crippen LogP contribution in [-0.4, -0.2) is 28.8 Å². The number of hydrogen-bond acceptors (Lipinski definition) is 3. The molecule has 0 aromatic carbocycles. The maximum absolute atomic E-state index is 12.1. The van der Waals surface area contributed by atoms with E-state index < -0.39 is 0 Å². The molecule has 0 bridgehead atoms. The Morgan fingerprint density at radius 3 is 2.67 bits per heavy atom. The Kier molecular flexibility index (Phi) is 3.52. The number of amides is 1. The highest BCUT2D eigenvalue weighted by atomic mass is 16.2. The van der Waals surface area contributed by atoms with E-state index in [4.69, 9.17) is 5.73 Å². The molecule has 0 aliphatic heterocycles. The highest BCUT2D eigenvalue weighted by molar-refractivity contribution is 5.99. The molecular weight excluding hydrogens is 230 g/mol. The van der Waals surface area contributed by atoms with Gasteiger partial charge in [-0.15, -0.1) is 0 Å². The van der Waals surface area contributed by atoms with Crippen LogP contribution in [0, 0.1) is 5.92 Å².